The molecular formula is C60H36O4Si. The first kappa shape index (κ1) is 36.1. The van der Waals surface area contributed by atoms with Crippen LogP contribution < -0.4 is 20.7 Å². The van der Waals surface area contributed by atoms with Gasteiger partial charge in [-0.1, -0.05) is 182 Å². The number of hydrogen-bond acceptors (Lipinski definition) is 4. The fourth-order valence-electron chi connectivity index (χ4n) is 10.8. The van der Waals surface area contributed by atoms with Crippen LogP contribution in [0, 0.1) is 0 Å². The van der Waals surface area contributed by atoms with Crippen LogP contribution in [0.2, 0.25) is 0 Å². The topological polar surface area (TPSA) is 52.6 Å². The van der Waals surface area contributed by atoms with Crippen LogP contribution in [0.4, 0.5) is 0 Å². The van der Waals surface area contributed by atoms with Crippen molar-refractivity contribution in [2.45, 2.75) is 0 Å². The molecule has 65 heavy (non-hydrogen) atoms. The zero-order valence-electron chi connectivity index (χ0n) is 34.9. The van der Waals surface area contributed by atoms with Crippen molar-refractivity contribution in [3.63, 3.8) is 0 Å². The molecule has 4 aromatic heterocycles. The molecule has 0 aliphatic heterocycles. The van der Waals surface area contributed by atoms with Gasteiger partial charge >= 0.3 is 0 Å². The molecule has 0 amide bonds. The zero-order valence-corrected chi connectivity index (χ0v) is 35.9. The van der Waals surface area contributed by atoms with Gasteiger partial charge in [-0.25, -0.2) is 0 Å². The van der Waals surface area contributed by atoms with Gasteiger partial charge in [-0.05, 0) is 68.3 Å². The van der Waals surface area contributed by atoms with Crippen molar-refractivity contribution >= 4 is 117 Å². The van der Waals surface area contributed by atoms with E-state index in [2.05, 4.69) is 194 Å². The second kappa shape index (κ2) is 13.8. The number of fused-ring (bicyclic) bond motifs is 12. The molecule has 0 fully saturated rings. The number of furan rings is 4. The highest BCUT2D eigenvalue weighted by Gasteiger charge is 2.45. The van der Waals surface area contributed by atoms with E-state index in [4.69, 9.17) is 17.7 Å². The molecule has 14 aromatic rings. The first-order chi connectivity index (χ1) is 32.2. The first-order valence-corrected chi connectivity index (χ1v) is 24.1. The highest BCUT2D eigenvalue weighted by atomic mass is 28.3. The lowest BCUT2D eigenvalue weighted by Gasteiger charge is -2.34. The molecule has 0 aliphatic rings. The smallest absolute Gasteiger partial charge is 0.188 e. The molecule has 304 valence electrons. The van der Waals surface area contributed by atoms with Gasteiger partial charge in [0.1, 0.15) is 44.7 Å². The van der Waals surface area contributed by atoms with Gasteiger partial charge in [0.25, 0.3) is 0 Å². The first-order valence-electron chi connectivity index (χ1n) is 22.1. The Morgan fingerprint density at radius 1 is 0.246 bits per heavy atom. The van der Waals surface area contributed by atoms with E-state index in [-0.39, 0.29) is 0 Å². The summed E-state index contributed by atoms with van der Waals surface area (Å²) in [5, 5.41) is 13.5. The molecule has 4 heterocycles. The maximum atomic E-state index is 7.14. The molecule has 5 heteroatoms. The SMILES string of the molecule is c1ccc([Si](c2ccccc2)(c2cccc3c2oc2ccc(-c4cccc5c4oc4ccccc45)cc23)c2cccc3c2oc2ccc(-c4cccc5c4oc4ccccc45)cc23)cc1. The van der Waals surface area contributed by atoms with E-state index in [9.17, 15) is 0 Å². The lowest BCUT2D eigenvalue weighted by molar-refractivity contribution is 0.669. The van der Waals surface area contributed by atoms with Gasteiger partial charge in [-0.2, -0.15) is 0 Å². The molecule has 14 rings (SSSR count). The van der Waals surface area contributed by atoms with Crippen LogP contribution in [-0.4, -0.2) is 8.07 Å². The van der Waals surface area contributed by atoms with E-state index in [0.717, 1.165) is 120 Å². The molecule has 0 spiro atoms. The van der Waals surface area contributed by atoms with E-state index < -0.39 is 8.07 Å². The second-order valence-corrected chi connectivity index (χ2v) is 20.8. The minimum absolute atomic E-state index is 0.839. The Morgan fingerprint density at radius 2 is 0.600 bits per heavy atom. The van der Waals surface area contributed by atoms with E-state index in [0.29, 0.717) is 0 Å². The Labute approximate surface area is 373 Å². The number of para-hydroxylation sites is 6. The number of rotatable bonds is 6. The molecule has 10 aromatic carbocycles. The van der Waals surface area contributed by atoms with Crippen molar-refractivity contribution in [2.24, 2.45) is 0 Å². The molecule has 4 nitrogen and oxygen atoms in total. The van der Waals surface area contributed by atoms with Crippen molar-refractivity contribution in [1.29, 1.82) is 0 Å². The van der Waals surface area contributed by atoms with Gasteiger partial charge in [0.2, 0.25) is 0 Å². The van der Waals surface area contributed by atoms with Crippen LogP contribution in [0.1, 0.15) is 0 Å². The molecule has 0 bridgehead atoms. The molecule has 0 saturated carbocycles. The largest absolute Gasteiger partial charge is 0.456 e. The Balaban J connectivity index is 1.02. The quantitative estimate of drug-likeness (QED) is 0.124. The van der Waals surface area contributed by atoms with Crippen molar-refractivity contribution in [2.75, 3.05) is 0 Å². The summed E-state index contributed by atoms with van der Waals surface area (Å²) in [7, 11) is -3.24. The summed E-state index contributed by atoms with van der Waals surface area (Å²) in [4.78, 5) is 0. The maximum Gasteiger partial charge on any atom is 0.188 e. The summed E-state index contributed by atoms with van der Waals surface area (Å²) >= 11 is 0. The Kier molecular flexibility index (Phi) is 7.68. The van der Waals surface area contributed by atoms with E-state index in [1.807, 2.05) is 24.3 Å². The summed E-state index contributed by atoms with van der Waals surface area (Å²) < 4.78 is 27.3. The third-order valence-electron chi connectivity index (χ3n) is 13.6. The Bertz CT molecular complexity index is 3920. The van der Waals surface area contributed by atoms with Crippen LogP contribution in [0.3, 0.4) is 0 Å². The predicted molar refractivity (Wildman–Crippen MR) is 270 cm³/mol. The fraction of sp³-hybridized carbons (Fsp3) is 0. The van der Waals surface area contributed by atoms with Gasteiger partial charge in [-0.3, -0.25) is 0 Å². The van der Waals surface area contributed by atoms with Gasteiger partial charge in [0.15, 0.2) is 8.07 Å². The van der Waals surface area contributed by atoms with Crippen LogP contribution >= 0.6 is 0 Å². The Hall–Kier alpha value is -8.38. The van der Waals surface area contributed by atoms with E-state index in [1.54, 1.807) is 0 Å². The second-order valence-electron chi connectivity index (χ2n) is 17.0. The van der Waals surface area contributed by atoms with Gasteiger partial charge in [0, 0.05) is 54.2 Å². The van der Waals surface area contributed by atoms with E-state index >= 15 is 0 Å². The van der Waals surface area contributed by atoms with Crippen LogP contribution in [0.15, 0.2) is 236 Å². The monoisotopic (exact) mass is 848 g/mol. The molecule has 0 aliphatic carbocycles. The fourth-order valence-corrected chi connectivity index (χ4v) is 15.8. The third kappa shape index (κ3) is 5.18. The molecule has 0 N–H and O–H groups in total. The summed E-state index contributed by atoms with van der Waals surface area (Å²) in [6, 6.07) is 77.8. The Morgan fingerprint density at radius 3 is 1.06 bits per heavy atom. The van der Waals surface area contributed by atoms with Gasteiger partial charge < -0.3 is 17.7 Å². The number of hydrogen-bond donors (Lipinski definition) is 0. The van der Waals surface area contributed by atoms with E-state index in [1.165, 1.54) is 10.4 Å². The average Bonchev–Trinajstić information content (AvgIpc) is 4.15. The minimum Gasteiger partial charge on any atom is -0.456 e. The van der Waals surface area contributed by atoms with Crippen molar-refractivity contribution in [1.82, 2.24) is 0 Å². The van der Waals surface area contributed by atoms with Gasteiger partial charge in [0.05, 0.1) is 0 Å². The molecule has 0 atom stereocenters. The summed E-state index contributed by atoms with van der Waals surface area (Å²) in [5.41, 5.74) is 11.3. The predicted octanol–water partition coefficient (Wildman–Crippen LogP) is 14.0. The van der Waals surface area contributed by atoms with Crippen LogP contribution in [0.25, 0.3) is 110 Å². The van der Waals surface area contributed by atoms with Crippen LogP contribution in [0.5, 0.6) is 0 Å². The van der Waals surface area contributed by atoms with Crippen molar-refractivity contribution < 1.29 is 17.7 Å². The molecule has 0 saturated heterocycles. The third-order valence-corrected chi connectivity index (χ3v) is 18.4. The van der Waals surface area contributed by atoms with Crippen molar-refractivity contribution in [3.8, 4) is 22.3 Å². The van der Waals surface area contributed by atoms with Crippen LogP contribution in [-0.2, 0) is 0 Å². The lowest BCUT2D eigenvalue weighted by atomic mass is 10.0. The normalized spacial score (nSPS) is 12.3. The summed E-state index contributed by atoms with van der Waals surface area (Å²) in [6.07, 6.45) is 0. The maximum absolute atomic E-state index is 7.14. The zero-order chi connectivity index (χ0) is 42.6. The molecule has 0 unspecified atom stereocenters. The summed E-state index contributed by atoms with van der Waals surface area (Å²) in [6.45, 7) is 0. The average molecular weight is 849 g/mol. The van der Waals surface area contributed by atoms with Crippen molar-refractivity contribution in [3.05, 3.63) is 218 Å². The molecular weight excluding hydrogens is 813 g/mol. The summed E-state index contributed by atoms with van der Waals surface area (Å²) in [5.74, 6) is 0. The minimum atomic E-state index is -3.24. The number of benzene rings is 10. The molecule has 0 radical (unpaired) electrons. The lowest BCUT2D eigenvalue weighted by Crippen LogP contribution is -2.75. The highest BCUT2D eigenvalue weighted by Crippen LogP contribution is 2.41. The highest BCUT2D eigenvalue weighted by molar-refractivity contribution is 7.21. The van der Waals surface area contributed by atoms with Gasteiger partial charge in [-0.15, -0.1) is 0 Å². The standard InChI is InChI=1S/C60H36O4Si/c1-3-15-39(16-4-1)65(40-17-5-2-6-18-40,55-29-13-25-47-49-35-37(31-33-53(49)63-59(47)55)41-21-11-23-45-43-19-7-9-27-51(43)61-57(41)45)56-30-14-26-48-50-36-38(32-34-54(50)64-60(48)56)42-22-12-24-46-44-20-8-10-28-52(44)62-58(42)46/h1-36H.